The number of halogens is 3. The van der Waals surface area contributed by atoms with Gasteiger partial charge in [0.15, 0.2) is 0 Å². The number of pyridine rings is 1. The summed E-state index contributed by atoms with van der Waals surface area (Å²) in [6.07, 6.45) is 4.22. The Morgan fingerprint density at radius 3 is 2.35 bits per heavy atom. The number of aromatic nitrogens is 1. The predicted octanol–water partition coefficient (Wildman–Crippen LogP) is 3.36. The number of anilines is 1. The molecule has 206 valence electrons. The number of carboxylic acids is 1. The molecular weight excluding hydrogens is 491 g/mol. The minimum Gasteiger partial charge on any atom is -0.475 e. The van der Waals surface area contributed by atoms with E-state index >= 15 is 0 Å². The molecule has 1 aliphatic carbocycles. The molecule has 2 saturated heterocycles. The number of rotatable bonds is 3. The first-order valence-electron chi connectivity index (χ1n) is 12.7. The number of carbonyl (C=O) groups is 3. The first-order valence-corrected chi connectivity index (χ1v) is 12.7. The molecule has 3 amide bonds. The average Bonchev–Trinajstić information content (AvgIpc) is 3.13. The number of carbonyl (C=O) groups excluding carboxylic acids is 2. The van der Waals surface area contributed by atoms with Crippen molar-refractivity contribution in [3.05, 3.63) is 24.4 Å². The Morgan fingerprint density at radius 2 is 1.78 bits per heavy atom. The summed E-state index contributed by atoms with van der Waals surface area (Å²) in [6.45, 7) is 2.77. The third-order valence-electron chi connectivity index (χ3n) is 7.45. The van der Waals surface area contributed by atoms with E-state index in [0.717, 1.165) is 44.6 Å². The number of nitrogens with one attached hydrogen (secondary N) is 1. The van der Waals surface area contributed by atoms with Gasteiger partial charge in [-0.05, 0) is 37.8 Å². The van der Waals surface area contributed by atoms with Crippen LogP contribution < -0.4 is 10.2 Å². The van der Waals surface area contributed by atoms with Gasteiger partial charge in [0.05, 0.1) is 5.41 Å². The number of hydrogen-bond acceptors (Lipinski definition) is 5. The smallest absolute Gasteiger partial charge is 0.475 e. The Balaban J connectivity index is 0.000000479. The average molecular weight is 528 g/mol. The van der Waals surface area contributed by atoms with Gasteiger partial charge in [-0.15, -0.1) is 0 Å². The van der Waals surface area contributed by atoms with Crippen molar-refractivity contribution in [1.29, 1.82) is 0 Å². The van der Waals surface area contributed by atoms with E-state index < -0.39 is 17.6 Å². The highest BCUT2D eigenvalue weighted by Gasteiger charge is 2.54. The highest BCUT2D eigenvalue weighted by atomic mass is 19.4. The Bertz CT molecular complexity index is 940. The third-order valence-corrected chi connectivity index (χ3v) is 7.45. The van der Waals surface area contributed by atoms with Crippen molar-refractivity contribution < 1.29 is 32.7 Å². The van der Waals surface area contributed by atoms with Crippen LogP contribution in [0.25, 0.3) is 0 Å². The van der Waals surface area contributed by atoms with Crippen molar-refractivity contribution in [3.63, 3.8) is 0 Å². The summed E-state index contributed by atoms with van der Waals surface area (Å²) in [7, 11) is 3.69. The molecule has 0 spiro atoms. The summed E-state index contributed by atoms with van der Waals surface area (Å²) < 4.78 is 31.7. The van der Waals surface area contributed by atoms with Crippen LogP contribution >= 0.6 is 0 Å². The van der Waals surface area contributed by atoms with E-state index in [0.29, 0.717) is 19.1 Å². The van der Waals surface area contributed by atoms with Gasteiger partial charge in [-0.1, -0.05) is 25.3 Å². The van der Waals surface area contributed by atoms with E-state index in [-0.39, 0.29) is 17.9 Å². The maximum Gasteiger partial charge on any atom is 0.490 e. The van der Waals surface area contributed by atoms with Crippen LogP contribution in [0.3, 0.4) is 0 Å². The van der Waals surface area contributed by atoms with Crippen LogP contribution in [-0.2, 0) is 9.59 Å². The molecule has 1 aromatic heterocycles. The number of urea groups is 1. The minimum absolute atomic E-state index is 0.0475. The zero-order valence-electron chi connectivity index (χ0n) is 21.3. The molecule has 1 saturated carbocycles. The summed E-state index contributed by atoms with van der Waals surface area (Å²) in [5.74, 6) is -1.56. The molecule has 9 nitrogen and oxygen atoms in total. The predicted molar refractivity (Wildman–Crippen MR) is 131 cm³/mol. The lowest BCUT2D eigenvalue weighted by atomic mass is 9.74. The summed E-state index contributed by atoms with van der Waals surface area (Å²) in [6, 6.07) is 6.26. The molecule has 0 aromatic carbocycles. The Hall–Kier alpha value is -3.05. The fourth-order valence-electron chi connectivity index (χ4n) is 5.64. The number of likely N-dealkylation sites (tertiary alicyclic amines) is 1. The molecule has 0 unspecified atom stereocenters. The van der Waals surface area contributed by atoms with Crippen molar-refractivity contribution >= 4 is 23.7 Å². The lowest BCUT2D eigenvalue weighted by Gasteiger charge is -2.35. The van der Waals surface area contributed by atoms with Gasteiger partial charge in [-0.2, -0.15) is 13.2 Å². The van der Waals surface area contributed by atoms with Gasteiger partial charge in [0.25, 0.3) is 0 Å². The van der Waals surface area contributed by atoms with Crippen LogP contribution in [0.15, 0.2) is 24.4 Å². The molecule has 2 atom stereocenters. The van der Waals surface area contributed by atoms with E-state index in [1.165, 1.54) is 19.3 Å². The maximum atomic E-state index is 13.4. The highest BCUT2D eigenvalue weighted by Crippen LogP contribution is 2.45. The number of amides is 3. The number of carboxylic acid groups (broad SMARTS) is 1. The van der Waals surface area contributed by atoms with Gasteiger partial charge in [0, 0.05) is 58.4 Å². The van der Waals surface area contributed by atoms with Gasteiger partial charge in [0.1, 0.15) is 5.82 Å². The lowest BCUT2D eigenvalue weighted by molar-refractivity contribution is -0.192. The second kappa shape index (κ2) is 12.0. The van der Waals surface area contributed by atoms with Crippen LogP contribution in [0.4, 0.5) is 23.8 Å². The van der Waals surface area contributed by atoms with Crippen LogP contribution in [0.5, 0.6) is 0 Å². The van der Waals surface area contributed by atoms with Crippen molar-refractivity contribution in [1.82, 2.24) is 20.1 Å². The van der Waals surface area contributed by atoms with Gasteiger partial charge in [-0.3, -0.25) is 4.79 Å². The van der Waals surface area contributed by atoms with Gasteiger partial charge >= 0.3 is 18.2 Å². The number of fused-ring (bicyclic) bond motifs is 1. The normalized spacial score (nSPS) is 24.3. The van der Waals surface area contributed by atoms with E-state index in [2.05, 4.69) is 15.2 Å². The fraction of sp³-hybridized carbons (Fsp3) is 0.680. The number of hydrogen-bond donors (Lipinski definition) is 2. The summed E-state index contributed by atoms with van der Waals surface area (Å²) >= 11 is 0. The van der Waals surface area contributed by atoms with E-state index in [1.807, 2.05) is 37.2 Å². The van der Waals surface area contributed by atoms with Crippen molar-refractivity contribution in [2.45, 2.75) is 57.2 Å². The van der Waals surface area contributed by atoms with Crippen LogP contribution in [0.2, 0.25) is 0 Å². The van der Waals surface area contributed by atoms with Crippen molar-refractivity contribution in [2.75, 3.05) is 45.2 Å². The molecule has 2 aliphatic heterocycles. The highest BCUT2D eigenvalue weighted by molar-refractivity contribution is 5.85. The zero-order valence-corrected chi connectivity index (χ0v) is 21.3. The molecular formula is C25H36F3N5O4. The molecule has 0 radical (unpaired) electrons. The lowest BCUT2D eigenvalue weighted by Crippen LogP contribution is -2.50. The van der Waals surface area contributed by atoms with E-state index in [4.69, 9.17) is 9.90 Å². The Kier molecular flexibility index (Phi) is 9.25. The number of alkyl halides is 3. The molecule has 0 bridgehead atoms. The Morgan fingerprint density at radius 1 is 1.11 bits per heavy atom. The first-order chi connectivity index (χ1) is 17.4. The summed E-state index contributed by atoms with van der Waals surface area (Å²) in [5.41, 5.74) is -0.457. The van der Waals surface area contributed by atoms with Crippen LogP contribution in [0, 0.1) is 11.3 Å². The van der Waals surface area contributed by atoms with Crippen molar-refractivity contribution in [2.24, 2.45) is 11.3 Å². The van der Waals surface area contributed by atoms with E-state index in [1.54, 1.807) is 11.1 Å². The van der Waals surface area contributed by atoms with Gasteiger partial charge in [-0.25, -0.2) is 14.6 Å². The number of nitrogens with zero attached hydrogens (tertiary/aromatic N) is 4. The van der Waals surface area contributed by atoms with Crippen LogP contribution in [0.1, 0.15) is 44.9 Å². The largest absolute Gasteiger partial charge is 0.490 e. The fourth-order valence-corrected chi connectivity index (χ4v) is 5.64. The molecule has 12 heteroatoms. The zero-order chi connectivity index (χ0) is 27.2. The Labute approximate surface area is 215 Å². The first kappa shape index (κ1) is 28.5. The monoisotopic (exact) mass is 527 g/mol. The van der Waals surface area contributed by atoms with Gasteiger partial charge < -0.3 is 25.1 Å². The molecule has 3 fully saturated rings. The SMILES string of the molecule is CN(C)C(=O)[C@]12CCCN(C(=O)NC3CCCCC3)C[C@H]1CN(c1ccccn1)C2.O=C(O)C(F)(F)F. The van der Waals surface area contributed by atoms with E-state index in [9.17, 15) is 22.8 Å². The maximum absolute atomic E-state index is 13.4. The second-order valence-electron chi connectivity index (χ2n) is 10.3. The molecule has 3 aliphatic rings. The number of aliphatic carboxylic acids is 1. The molecule has 37 heavy (non-hydrogen) atoms. The second-order valence-corrected chi connectivity index (χ2v) is 10.3. The molecule has 3 heterocycles. The van der Waals surface area contributed by atoms with Gasteiger partial charge in [0.2, 0.25) is 5.91 Å². The van der Waals surface area contributed by atoms with Crippen molar-refractivity contribution in [3.8, 4) is 0 Å². The quantitative estimate of drug-likeness (QED) is 0.625. The van der Waals surface area contributed by atoms with Crippen LogP contribution in [-0.4, -0.2) is 90.3 Å². The standard InChI is InChI=1S/C23H35N5O2.C2HF3O2/c1-26(2)21(29)23-12-8-14-27(22(30)25-19-9-4-3-5-10-19)15-18(23)16-28(17-23)20-11-6-7-13-24-20;3-2(4,5)1(6)7/h6-7,11,13,18-19H,3-5,8-10,12,14-17H2,1-2H3,(H,25,30);(H,6,7)/t18-,23-;/m0./s1. The summed E-state index contributed by atoms with van der Waals surface area (Å²) in [4.78, 5) is 45.8. The minimum atomic E-state index is -5.08. The summed E-state index contributed by atoms with van der Waals surface area (Å²) in [5, 5.41) is 10.4. The molecule has 4 rings (SSSR count). The molecule has 2 N–H and O–H groups in total. The molecule has 1 aromatic rings. The topological polar surface area (TPSA) is 106 Å². The third kappa shape index (κ3) is 7.04.